The Balaban J connectivity index is 1.60. The molecule has 0 spiro atoms. The summed E-state index contributed by atoms with van der Waals surface area (Å²) in [4.78, 5) is 0. The van der Waals surface area contributed by atoms with Crippen molar-refractivity contribution in [3.63, 3.8) is 0 Å². The molecule has 1 fully saturated rings. The summed E-state index contributed by atoms with van der Waals surface area (Å²) in [7, 11) is 0. The highest BCUT2D eigenvalue weighted by molar-refractivity contribution is 5.20. The molecule has 1 aromatic rings. The van der Waals surface area contributed by atoms with E-state index in [1.54, 1.807) is 0 Å². The van der Waals surface area contributed by atoms with Crippen LogP contribution in [0.15, 0.2) is 24.3 Å². The van der Waals surface area contributed by atoms with Gasteiger partial charge in [-0.2, -0.15) is 0 Å². The Bertz CT molecular complexity index is 309. The summed E-state index contributed by atoms with van der Waals surface area (Å²) in [5, 5.41) is 3.57. The van der Waals surface area contributed by atoms with Gasteiger partial charge in [0, 0.05) is 6.54 Å². The molecule has 0 atom stereocenters. The minimum atomic E-state index is 0.995. The van der Waals surface area contributed by atoms with Crippen LogP contribution < -0.4 is 5.32 Å². The van der Waals surface area contributed by atoms with Crippen LogP contribution in [0.4, 0.5) is 0 Å². The second-order valence-electron chi connectivity index (χ2n) is 5.46. The van der Waals surface area contributed by atoms with Crippen molar-refractivity contribution < 1.29 is 0 Å². The highest BCUT2D eigenvalue weighted by atomic mass is 14.8. The number of nitrogens with one attached hydrogen (secondary N) is 1. The fraction of sp³-hybridized carbons (Fsp3) is 0.625. The van der Waals surface area contributed by atoms with E-state index in [2.05, 4.69) is 36.5 Å². The molecular weight excluding hydrogens is 206 g/mol. The monoisotopic (exact) mass is 231 g/mol. The molecular formula is C16H25N. The predicted octanol–water partition coefficient (Wildman–Crippen LogP) is 4.06. The lowest BCUT2D eigenvalue weighted by Gasteiger charge is -2.21. The van der Waals surface area contributed by atoms with Crippen molar-refractivity contribution in [2.24, 2.45) is 5.92 Å². The van der Waals surface area contributed by atoms with Crippen LogP contribution >= 0.6 is 0 Å². The zero-order valence-electron chi connectivity index (χ0n) is 11.0. The average Bonchev–Trinajstić information content (AvgIpc) is 2.38. The van der Waals surface area contributed by atoms with Gasteiger partial charge in [0.2, 0.25) is 0 Å². The lowest BCUT2D eigenvalue weighted by atomic mass is 9.87. The van der Waals surface area contributed by atoms with Crippen LogP contribution in [-0.2, 0) is 6.54 Å². The molecule has 94 valence electrons. The van der Waals surface area contributed by atoms with Crippen molar-refractivity contribution in [2.75, 3.05) is 6.54 Å². The molecule has 1 N–H and O–H groups in total. The summed E-state index contributed by atoms with van der Waals surface area (Å²) in [5.74, 6) is 0.995. The molecule has 1 aliphatic rings. The molecule has 0 saturated heterocycles. The van der Waals surface area contributed by atoms with Crippen molar-refractivity contribution >= 4 is 0 Å². The number of rotatable bonds is 5. The van der Waals surface area contributed by atoms with Gasteiger partial charge in [0.05, 0.1) is 0 Å². The predicted molar refractivity (Wildman–Crippen MR) is 74.1 cm³/mol. The average molecular weight is 231 g/mol. The van der Waals surface area contributed by atoms with Gasteiger partial charge in [-0.3, -0.25) is 0 Å². The highest BCUT2D eigenvalue weighted by Gasteiger charge is 2.12. The highest BCUT2D eigenvalue weighted by Crippen LogP contribution is 2.25. The lowest BCUT2D eigenvalue weighted by Crippen LogP contribution is -2.19. The van der Waals surface area contributed by atoms with E-state index >= 15 is 0 Å². The summed E-state index contributed by atoms with van der Waals surface area (Å²) in [6.07, 6.45) is 8.68. The van der Waals surface area contributed by atoms with Crippen molar-refractivity contribution in [3.05, 3.63) is 35.4 Å². The van der Waals surface area contributed by atoms with Crippen molar-refractivity contribution in [1.29, 1.82) is 0 Å². The van der Waals surface area contributed by atoms with Crippen molar-refractivity contribution in [2.45, 2.75) is 52.0 Å². The molecule has 1 saturated carbocycles. The zero-order valence-corrected chi connectivity index (χ0v) is 11.0. The molecule has 17 heavy (non-hydrogen) atoms. The topological polar surface area (TPSA) is 12.0 Å². The molecule has 0 unspecified atom stereocenters. The molecule has 0 aliphatic heterocycles. The van der Waals surface area contributed by atoms with E-state index in [0.29, 0.717) is 0 Å². The van der Waals surface area contributed by atoms with Gasteiger partial charge in [-0.15, -0.1) is 0 Å². The zero-order chi connectivity index (χ0) is 11.9. The molecule has 1 aliphatic carbocycles. The third kappa shape index (κ3) is 4.51. The van der Waals surface area contributed by atoms with Crippen molar-refractivity contribution in [1.82, 2.24) is 5.32 Å². The van der Waals surface area contributed by atoms with Crippen LogP contribution in [0.1, 0.15) is 49.7 Å². The molecule has 1 aromatic carbocycles. The molecule has 2 rings (SSSR count). The smallest absolute Gasteiger partial charge is 0.0205 e. The number of aryl methyl sites for hydroxylation is 1. The van der Waals surface area contributed by atoms with Crippen LogP contribution in [0.2, 0.25) is 0 Å². The minimum Gasteiger partial charge on any atom is -0.313 e. The largest absolute Gasteiger partial charge is 0.313 e. The molecule has 0 radical (unpaired) electrons. The van der Waals surface area contributed by atoms with Gasteiger partial charge in [0.15, 0.2) is 0 Å². The summed E-state index contributed by atoms with van der Waals surface area (Å²) in [6.45, 7) is 4.34. The van der Waals surface area contributed by atoms with Crippen LogP contribution in [-0.4, -0.2) is 6.54 Å². The Morgan fingerprint density at radius 1 is 1.06 bits per heavy atom. The maximum absolute atomic E-state index is 3.57. The van der Waals surface area contributed by atoms with Gasteiger partial charge in [-0.05, 0) is 31.4 Å². The number of hydrogen-bond acceptors (Lipinski definition) is 1. The van der Waals surface area contributed by atoms with E-state index in [9.17, 15) is 0 Å². The second-order valence-corrected chi connectivity index (χ2v) is 5.46. The Hall–Kier alpha value is -0.820. The number of hydrogen-bond donors (Lipinski definition) is 1. The Labute approximate surface area is 106 Å². The minimum absolute atomic E-state index is 0.995. The Morgan fingerprint density at radius 3 is 2.47 bits per heavy atom. The molecule has 0 heterocycles. The fourth-order valence-corrected chi connectivity index (χ4v) is 2.72. The van der Waals surface area contributed by atoms with E-state index in [1.165, 1.54) is 56.2 Å². The first-order valence-corrected chi connectivity index (χ1v) is 7.11. The van der Waals surface area contributed by atoms with Gasteiger partial charge in [0.25, 0.3) is 0 Å². The maximum Gasteiger partial charge on any atom is 0.0205 e. The lowest BCUT2D eigenvalue weighted by molar-refractivity contribution is 0.334. The van der Waals surface area contributed by atoms with E-state index in [0.717, 1.165) is 12.5 Å². The number of benzene rings is 1. The van der Waals surface area contributed by atoms with Gasteiger partial charge in [-0.25, -0.2) is 0 Å². The molecule has 0 aromatic heterocycles. The quantitative estimate of drug-likeness (QED) is 0.754. The molecule has 1 heteroatoms. The summed E-state index contributed by atoms with van der Waals surface area (Å²) in [5.41, 5.74) is 2.75. The van der Waals surface area contributed by atoms with Gasteiger partial charge < -0.3 is 5.32 Å². The Kier molecular flexibility index (Phi) is 5.06. The SMILES string of the molecule is Cc1ccc(CNCCC2CCCCC2)cc1. The van der Waals surface area contributed by atoms with Crippen LogP contribution in [0, 0.1) is 12.8 Å². The van der Waals surface area contributed by atoms with E-state index < -0.39 is 0 Å². The van der Waals surface area contributed by atoms with E-state index in [4.69, 9.17) is 0 Å². The first kappa shape index (κ1) is 12.6. The van der Waals surface area contributed by atoms with Gasteiger partial charge in [0.1, 0.15) is 0 Å². The third-order valence-electron chi connectivity index (χ3n) is 3.90. The van der Waals surface area contributed by atoms with Crippen LogP contribution in [0.3, 0.4) is 0 Å². The van der Waals surface area contributed by atoms with E-state index in [-0.39, 0.29) is 0 Å². The molecule has 1 nitrogen and oxygen atoms in total. The first-order chi connectivity index (χ1) is 8.34. The maximum atomic E-state index is 3.57. The van der Waals surface area contributed by atoms with Crippen LogP contribution in [0.5, 0.6) is 0 Å². The van der Waals surface area contributed by atoms with Gasteiger partial charge >= 0.3 is 0 Å². The fourth-order valence-electron chi connectivity index (χ4n) is 2.72. The van der Waals surface area contributed by atoms with Gasteiger partial charge in [-0.1, -0.05) is 61.9 Å². The standard InChI is InChI=1S/C16H25N/c1-14-7-9-16(10-8-14)13-17-12-11-15-5-3-2-4-6-15/h7-10,15,17H,2-6,11-13H2,1H3. The summed E-state index contributed by atoms with van der Waals surface area (Å²) in [6, 6.07) is 8.84. The summed E-state index contributed by atoms with van der Waals surface area (Å²) >= 11 is 0. The van der Waals surface area contributed by atoms with E-state index in [1.807, 2.05) is 0 Å². The normalized spacial score (nSPS) is 17.2. The van der Waals surface area contributed by atoms with Crippen LogP contribution in [0.25, 0.3) is 0 Å². The van der Waals surface area contributed by atoms with Crippen molar-refractivity contribution in [3.8, 4) is 0 Å². The molecule has 0 amide bonds. The third-order valence-corrected chi connectivity index (χ3v) is 3.90. The summed E-state index contributed by atoms with van der Waals surface area (Å²) < 4.78 is 0. The Morgan fingerprint density at radius 2 is 1.76 bits per heavy atom. The second kappa shape index (κ2) is 6.80. The first-order valence-electron chi connectivity index (χ1n) is 7.11. The molecule has 0 bridgehead atoms.